The Morgan fingerprint density at radius 2 is 0.646 bits per heavy atom. The summed E-state index contributed by atoms with van der Waals surface area (Å²) in [6, 6.07) is 72.7. The molecule has 10 amide bonds. The second kappa shape index (κ2) is 46.7. The lowest BCUT2D eigenvalue weighted by Gasteiger charge is -2.13. The average Bonchev–Trinajstić information content (AvgIpc) is 1.65. The van der Waals surface area contributed by atoms with Crippen LogP contribution in [0.4, 0.5) is 22.0 Å². The molecule has 0 aliphatic carbocycles. The van der Waals surface area contributed by atoms with Gasteiger partial charge in [0.15, 0.2) is 0 Å². The van der Waals surface area contributed by atoms with Gasteiger partial charge in [-0.3, -0.25) is 47.9 Å². The molecule has 0 bridgehead atoms. The van der Waals surface area contributed by atoms with Crippen molar-refractivity contribution in [2.24, 2.45) is 0 Å². The van der Waals surface area contributed by atoms with Gasteiger partial charge < -0.3 is 93.0 Å². The van der Waals surface area contributed by atoms with E-state index in [1.54, 1.807) is 78.9 Å². The molecule has 17 N–H and O–H groups in total. The lowest BCUT2D eigenvalue weighted by molar-refractivity contribution is -0.128. The molecule has 5 aliphatic rings. The van der Waals surface area contributed by atoms with Crippen LogP contribution in [0.2, 0.25) is 0 Å². The number of nitrogens with one attached hydrogen (secondary N) is 15. The zero-order valence-electron chi connectivity index (χ0n) is 79.6. The lowest BCUT2D eigenvalue weighted by atomic mass is 9.99. The number of nitrogens with zero attached hydrogens (tertiary/aromatic N) is 1. The van der Waals surface area contributed by atoms with Crippen molar-refractivity contribution in [2.45, 2.75) is 133 Å². The van der Waals surface area contributed by atoms with Crippen LogP contribution in [0.5, 0.6) is 11.5 Å². The summed E-state index contributed by atoms with van der Waals surface area (Å²) in [4.78, 5) is 137. The van der Waals surface area contributed by atoms with Crippen LogP contribution in [0.1, 0.15) is 96.7 Å². The summed E-state index contributed by atoms with van der Waals surface area (Å²) < 4.78 is 74.4. The predicted octanol–water partition coefficient (Wildman–Crippen LogP) is 14.7. The third-order valence-electron chi connectivity index (χ3n) is 26.3. The van der Waals surface area contributed by atoms with Crippen molar-refractivity contribution in [2.75, 3.05) is 32.7 Å². The van der Waals surface area contributed by atoms with E-state index in [-0.39, 0.29) is 133 Å². The number of H-pyrrole nitrogens is 5. The van der Waals surface area contributed by atoms with Gasteiger partial charge in [-0.25, -0.2) is 22.0 Å². The number of fused-ring (bicyclic) bond motifs is 5. The molecule has 0 unspecified atom stereocenters. The standard InChI is InChI=1S/C28H26FN3O3.C22H19FN4O2.2C21H20FN3O3.C21H20FN3O2/c29-20-8-6-19(7-9-20)27-22(11-13-26(33)31-25-14-15-30-28(25)34)23-16-21(10-12-24(23)32-27)35-17-18-4-2-1-3-5-18;23-15-4-6-18-17(11-15)16(5-7-20(28)26-19-8-9-25-22(19)29)21(27-18)14-3-1-2-13(10-14)12-24;22-13-3-1-12(2-4-13)20-15(16-11-14(26)5-7-17(16)25-20)6-8-19(27)24-18-9-10-23-21(18)28;22-13-6-8-16-15(10-13)14(19(24-16)12-4-2-1-3-5-12)7-9-18(27)25-20-17(26)11-23-21(20)28;22-14-6-8-17-16(12-14)15(20(25-17)13-4-2-1-3-5-13)7-9-19(26)24-18-10-11-23-21(18)27/h1-10,12,16,25,32H,11,13-15,17H2,(H,30,34)(H,31,33);1-4,6,10-11,19,27H,5,7-9H2,(H,25,29)(H,26,28);1-5,7,11,18,25-26H,6,8-10H2,(H,23,28)(H,24,27);1-6,8,10,17,20,24,26H,7,9,11H2,(H,23,28)(H,25,27);1-6,8,12,18,25H,7,9-11H2,(H,23,27)(H,24,26)/t25-;19-;18-;17-,20+;18-/m00010/s1. The van der Waals surface area contributed by atoms with Crippen molar-refractivity contribution in [3.05, 3.63) is 323 Å². The van der Waals surface area contributed by atoms with Crippen molar-refractivity contribution in [1.29, 1.82) is 5.26 Å². The van der Waals surface area contributed by atoms with E-state index in [9.17, 15) is 85.4 Å². The number of aromatic hydroxyl groups is 1. The van der Waals surface area contributed by atoms with Gasteiger partial charge in [0, 0.05) is 148 Å². The number of carbonyl (C=O) groups is 10. The maximum Gasteiger partial charge on any atom is 0.245 e. The summed E-state index contributed by atoms with van der Waals surface area (Å²) >= 11 is 0. The molecule has 0 spiro atoms. The molecule has 6 atom stereocenters. The van der Waals surface area contributed by atoms with E-state index in [1.807, 2.05) is 115 Å². The quantitative estimate of drug-likeness (QED) is 0.0203. The highest BCUT2D eigenvalue weighted by molar-refractivity contribution is 6.00. The SMILES string of the molecule is N#Cc1cccc(-c2[nH]c3ccc(F)cc3c2CCC(=O)N[C@H]2CCNC2=O)c1.O=C(CCc1c(-c2ccc(F)cc2)[nH]c2ccc(O)cc12)N[C@H]1CCNC1=O.O=C(CCc1c(-c2ccc(F)cc2)[nH]c2ccc(OCc3ccccc3)cc12)N[C@H]1CCNC1=O.O=C(CCc1c(-c2ccccc2)[nH]c2ccc(F)cc12)N[C@@H]1C(=O)NC[C@H]1O.O=C(CCc1c(-c2ccccc2)[nH]c2ccc(F)cc12)N[C@H]1CCNC1=O. The van der Waals surface area contributed by atoms with Crippen LogP contribution in [0.15, 0.2) is 255 Å². The van der Waals surface area contributed by atoms with Crippen molar-refractivity contribution in [3.63, 3.8) is 0 Å². The highest BCUT2D eigenvalue weighted by atomic mass is 19.1. The highest BCUT2D eigenvalue weighted by Gasteiger charge is 2.36. The number of phenols is 1. The second-order valence-electron chi connectivity index (χ2n) is 36.3. The Balaban J connectivity index is 0.000000126. The Morgan fingerprint density at radius 1 is 0.333 bits per heavy atom. The van der Waals surface area contributed by atoms with Gasteiger partial charge in [-0.05, 0) is 271 Å². The van der Waals surface area contributed by atoms with E-state index in [2.05, 4.69) is 84.2 Å². The predicted molar refractivity (Wildman–Crippen MR) is 546 cm³/mol. The van der Waals surface area contributed by atoms with E-state index >= 15 is 0 Å². The van der Waals surface area contributed by atoms with Gasteiger partial charge >= 0.3 is 0 Å². The zero-order valence-corrected chi connectivity index (χ0v) is 79.6. The fraction of sp³-hybridized carbons (Fsp3) is 0.230. The van der Waals surface area contributed by atoms with Crippen molar-refractivity contribution in [3.8, 4) is 73.9 Å². The summed E-state index contributed by atoms with van der Waals surface area (Å²) in [6.45, 7) is 2.87. The minimum Gasteiger partial charge on any atom is -0.508 e. The maximum atomic E-state index is 13.9. The van der Waals surface area contributed by atoms with Gasteiger partial charge in [-0.15, -0.1) is 0 Å². The van der Waals surface area contributed by atoms with Crippen LogP contribution in [-0.4, -0.2) is 163 Å². The van der Waals surface area contributed by atoms with Gasteiger partial charge in [0.25, 0.3) is 0 Å². The maximum absolute atomic E-state index is 13.9. The van der Waals surface area contributed by atoms with Crippen LogP contribution in [0.25, 0.3) is 111 Å². The number of halogens is 5. The number of aliphatic hydroxyl groups excluding tert-OH is 1. The Bertz CT molecular complexity index is 7640. The number of benzene rings is 11. The normalized spacial score (nSPS) is 16.5. The van der Waals surface area contributed by atoms with Crippen LogP contribution in [-0.2, 0) is 86.7 Å². The molecule has 10 heterocycles. The van der Waals surface area contributed by atoms with Crippen LogP contribution in [0.3, 0.4) is 0 Å². The fourth-order valence-corrected chi connectivity index (χ4v) is 18.9. The molecule has 5 aromatic heterocycles. The van der Waals surface area contributed by atoms with Crippen LogP contribution >= 0.6 is 0 Å². The molecular weight excluding hydrogens is 1880 g/mol. The Kier molecular flexibility index (Phi) is 32.1. The molecular formula is C113H105F5N16O13. The highest BCUT2D eigenvalue weighted by Crippen LogP contribution is 2.40. The Morgan fingerprint density at radius 3 is 0.993 bits per heavy atom. The Hall–Kier alpha value is -17.5. The smallest absolute Gasteiger partial charge is 0.245 e. The number of rotatable bonds is 28. The number of hydrogen-bond acceptors (Lipinski definition) is 14. The molecule has 16 aromatic rings. The number of β-amino-alcohol motifs (C(OH)–C–C–N with tert-alkyl or cyclic N) is 1. The number of aryl methyl sites for hydroxylation is 5. The van der Waals surface area contributed by atoms with Crippen LogP contribution in [0, 0.1) is 40.4 Å². The Labute approximate surface area is 839 Å². The minimum atomic E-state index is -0.932. The molecule has 34 heteroatoms. The third kappa shape index (κ3) is 25.1. The molecule has 5 aliphatic heterocycles. The first kappa shape index (κ1) is 101. The second-order valence-corrected chi connectivity index (χ2v) is 36.3. The summed E-state index contributed by atoms with van der Waals surface area (Å²) in [6.07, 6.45) is 4.42. The zero-order chi connectivity index (χ0) is 103. The van der Waals surface area contributed by atoms with Gasteiger partial charge in [-0.1, -0.05) is 103 Å². The molecule has 11 aromatic carbocycles. The number of nitriles is 1. The van der Waals surface area contributed by atoms with Gasteiger partial charge in [0.2, 0.25) is 59.1 Å². The van der Waals surface area contributed by atoms with Gasteiger partial charge in [0.1, 0.15) is 83.5 Å². The number of aromatic amines is 5. The summed E-state index contributed by atoms with van der Waals surface area (Å²) in [5.41, 5.74) is 18.5. The number of aromatic nitrogens is 5. The first-order valence-electron chi connectivity index (χ1n) is 48.5. The monoisotopic (exact) mass is 1990 g/mol. The molecule has 750 valence electrons. The largest absolute Gasteiger partial charge is 0.508 e. The third-order valence-corrected chi connectivity index (χ3v) is 26.3. The molecule has 29 nitrogen and oxygen atoms in total. The lowest BCUT2D eigenvalue weighted by Crippen LogP contribution is -2.45. The molecule has 0 radical (unpaired) electrons. The first-order chi connectivity index (χ1) is 71.3. The number of amides is 10. The van der Waals surface area contributed by atoms with Gasteiger partial charge in [-0.2, -0.15) is 5.26 Å². The van der Waals surface area contributed by atoms with E-state index < -0.39 is 36.3 Å². The van der Waals surface area contributed by atoms with E-state index in [4.69, 9.17) is 4.74 Å². The number of hydrogen-bond donors (Lipinski definition) is 17. The number of ether oxygens (including phenoxy) is 1. The molecule has 0 saturated carbocycles. The van der Waals surface area contributed by atoms with Crippen molar-refractivity contribution >= 4 is 114 Å². The van der Waals surface area contributed by atoms with E-state index in [1.165, 1.54) is 60.7 Å². The van der Waals surface area contributed by atoms with E-state index in [0.717, 1.165) is 145 Å². The minimum absolute atomic E-state index is 0.111. The number of aliphatic hydroxyl groups is 1. The summed E-state index contributed by atoms with van der Waals surface area (Å²) in [5, 5.41) is 59.8. The molecule has 5 fully saturated rings. The fourth-order valence-electron chi connectivity index (χ4n) is 18.9. The number of phenolic OH excluding ortho intramolecular Hbond substituents is 1. The first-order valence-corrected chi connectivity index (χ1v) is 48.5. The summed E-state index contributed by atoms with van der Waals surface area (Å²) in [5.74, 6) is -2.92. The average molecular weight is 1990 g/mol. The summed E-state index contributed by atoms with van der Waals surface area (Å²) in [7, 11) is 0. The van der Waals surface area contributed by atoms with Crippen LogP contribution < -0.4 is 57.9 Å². The molecule has 147 heavy (non-hydrogen) atoms. The van der Waals surface area contributed by atoms with Crippen molar-refractivity contribution in [1.82, 2.24) is 78.1 Å². The van der Waals surface area contributed by atoms with E-state index in [0.29, 0.717) is 102 Å². The van der Waals surface area contributed by atoms with Crippen molar-refractivity contribution < 1.29 is 84.8 Å². The van der Waals surface area contributed by atoms with Gasteiger partial charge in [0.05, 0.1) is 11.6 Å². The molecule has 5 saturated heterocycles. The molecule has 21 rings (SSSR count). The number of carbonyl (C=O) groups excluding carboxylic acids is 10. The topological polar surface area (TPSA) is 443 Å².